The van der Waals surface area contributed by atoms with Crippen molar-refractivity contribution in [1.82, 2.24) is 24.5 Å². The highest BCUT2D eigenvalue weighted by Gasteiger charge is 2.34. The largest absolute Gasteiger partial charge is 0.435 e. The summed E-state index contributed by atoms with van der Waals surface area (Å²) < 4.78 is 41.0. The standard InChI is InChI=1S/C18H17Cl2F3N6O/c1-10(7-29-11(2)5-15(26-29)18(21,22)23)16(30)25-17-24-9-28(27-17)8-12-3-4-13(19)6-14(12)20/h3-6,9-10H,7-8H2,1-2H3,(H,25,27,30). The van der Waals surface area contributed by atoms with Crippen LogP contribution in [0.5, 0.6) is 0 Å². The number of hydrogen-bond donors (Lipinski definition) is 1. The molecule has 1 N–H and O–H groups in total. The Morgan fingerprint density at radius 2 is 1.97 bits per heavy atom. The molecule has 160 valence electrons. The number of aryl methyl sites for hydroxylation is 1. The third-order valence-electron chi connectivity index (χ3n) is 4.28. The van der Waals surface area contributed by atoms with Gasteiger partial charge in [-0.3, -0.25) is 14.8 Å². The van der Waals surface area contributed by atoms with E-state index in [0.717, 1.165) is 16.3 Å². The van der Waals surface area contributed by atoms with Crippen molar-refractivity contribution in [2.45, 2.75) is 33.1 Å². The maximum atomic E-state index is 12.8. The predicted octanol–water partition coefficient (Wildman–Crippen LogP) is 4.43. The molecule has 0 radical (unpaired) electrons. The number of amides is 1. The number of anilines is 1. The fraction of sp³-hybridized carbons (Fsp3) is 0.333. The van der Waals surface area contributed by atoms with E-state index in [1.165, 1.54) is 17.9 Å². The molecule has 1 aromatic carbocycles. The summed E-state index contributed by atoms with van der Waals surface area (Å²) in [5.74, 6) is -1.03. The molecule has 1 amide bonds. The Bertz CT molecular complexity index is 1060. The minimum atomic E-state index is -4.54. The van der Waals surface area contributed by atoms with Crippen molar-refractivity contribution in [2.75, 3.05) is 5.32 Å². The van der Waals surface area contributed by atoms with Crippen LogP contribution in [-0.2, 0) is 24.1 Å². The Kier molecular flexibility index (Phi) is 6.37. The van der Waals surface area contributed by atoms with Crippen LogP contribution in [-0.4, -0.2) is 30.5 Å². The van der Waals surface area contributed by atoms with Gasteiger partial charge in [0, 0.05) is 15.7 Å². The number of aromatic nitrogens is 5. The smallest absolute Gasteiger partial charge is 0.293 e. The van der Waals surface area contributed by atoms with Crippen molar-refractivity contribution in [2.24, 2.45) is 5.92 Å². The van der Waals surface area contributed by atoms with Crippen LogP contribution in [0.15, 0.2) is 30.6 Å². The Labute approximate surface area is 179 Å². The normalized spacial score (nSPS) is 12.8. The Balaban J connectivity index is 1.61. The van der Waals surface area contributed by atoms with Crippen LogP contribution >= 0.6 is 23.2 Å². The van der Waals surface area contributed by atoms with Gasteiger partial charge in [-0.2, -0.15) is 18.3 Å². The highest BCUT2D eigenvalue weighted by Crippen LogP contribution is 2.28. The quantitative estimate of drug-likeness (QED) is 0.589. The van der Waals surface area contributed by atoms with E-state index in [4.69, 9.17) is 23.2 Å². The van der Waals surface area contributed by atoms with Crippen LogP contribution in [0.2, 0.25) is 10.0 Å². The van der Waals surface area contributed by atoms with E-state index in [0.29, 0.717) is 22.3 Å². The summed E-state index contributed by atoms with van der Waals surface area (Å²) in [5, 5.41) is 11.2. The molecule has 12 heteroatoms. The first-order chi connectivity index (χ1) is 14.0. The summed E-state index contributed by atoms with van der Waals surface area (Å²) in [6.45, 7) is 3.38. The molecule has 0 aliphatic heterocycles. The van der Waals surface area contributed by atoms with Gasteiger partial charge in [-0.1, -0.05) is 36.2 Å². The van der Waals surface area contributed by atoms with Gasteiger partial charge in [0.1, 0.15) is 6.33 Å². The number of carbonyl (C=O) groups excluding carboxylic acids is 1. The van der Waals surface area contributed by atoms with Gasteiger partial charge in [0.2, 0.25) is 11.9 Å². The van der Waals surface area contributed by atoms with Crippen LogP contribution in [0, 0.1) is 12.8 Å². The maximum Gasteiger partial charge on any atom is 0.435 e. The summed E-state index contributed by atoms with van der Waals surface area (Å²) in [6, 6.07) is 6.01. The number of halogens is 5. The zero-order valence-electron chi connectivity index (χ0n) is 15.9. The van der Waals surface area contributed by atoms with Gasteiger partial charge in [-0.05, 0) is 30.7 Å². The molecule has 1 atom stereocenters. The van der Waals surface area contributed by atoms with Gasteiger partial charge in [0.05, 0.1) is 19.0 Å². The molecular weight excluding hydrogens is 444 g/mol. The molecule has 0 aliphatic rings. The van der Waals surface area contributed by atoms with E-state index in [9.17, 15) is 18.0 Å². The molecule has 0 saturated heterocycles. The highest BCUT2D eigenvalue weighted by molar-refractivity contribution is 6.35. The SMILES string of the molecule is Cc1cc(C(F)(F)F)nn1CC(C)C(=O)Nc1ncn(Cc2ccc(Cl)cc2Cl)n1. The van der Waals surface area contributed by atoms with Crippen LogP contribution < -0.4 is 5.32 Å². The molecule has 3 aromatic rings. The summed E-state index contributed by atoms with van der Waals surface area (Å²) in [7, 11) is 0. The summed E-state index contributed by atoms with van der Waals surface area (Å²) in [5.41, 5.74) is 0.0879. The van der Waals surface area contributed by atoms with E-state index in [1.807, 2.05) is 0 Å². The zero-order valence-corrected chi connectivity index (χ0v) is 17.4. The first kappa shape index (κ1) is 22.1. The van der Waals surface area contributed by atoms with E-state index in [2.05, 4.69) is 20.5 Å². The highest BCUT2D eigenvalue weighted by atomic mass is 35.5. The first-order valence-electron chi connectivity index (χ1n) is 8.79. The molecule has 1 unspecified atom stereocenters. The fourth-order valence-electron chi connectivity index (χ4n) is 2.66. The molecule has 2 heterocycles. The number of nitrogens with one attached hydrogen (secondary N) is 1. The molecular formula is C18H17Cl2F3N6O. The first-order valence-corrected chi connectivity index (χ1v) is 9.54. The maximum absolute atomic E-state index is 12.8. The topological polar surface area (TPSA) is 77.6 Å². The van der Waals surface area contributed by atoms with Gasteiger partial charge < -0.3 is 0 Å². The number of nitrogens with zero attached hydrogens (tertiary/aromatic N) is 5. The Morgan fingerprint density at radius 3 is 2.60 bits per heavy atom. The lowest BCUT2D eigenvalue weighted by atomic mass is 10.1. The van der Waals surface area contributed by atoms with Gasteiger partial charge in [-0.25, -0.2) is 9.67 Å². The van der Waals surface area contributed by atoms with Crippen molar-refractivity contribution < 1.29 is 18.0 Å². The van der Waals surface area contributed by atoms with E-state index in [1.54, 1.807) is 25.1 Å². The van der Waals surface area contributed by atoms with Gasteiger partial charge in [0.25, 0.3) is 0 Å². The molecule has 0 bridgehead atoms. The molecule has 2 aromatic heterocycles. The minimum Gasteiger partial charge on any atom is -0.293 e. The van der Waals surface area contributed by atoms with Crippen molar-refractivity contribution in [1.29, 1.82) is 0 Å². The van der Waals surface area contributed by atoms with Crippen LogP contribution in [0.4, 0.5) is 19.1 Å². The minimum absolute atomic E-state index is 0.0190. The zero-order chi connectivity index (χ0) is 22.1. The second kappa shape index (κ2) is 8.65. The van der Waals surface area contributed by atoms with E-state index >= 15 is 0 Å². The molecule has 0 fully saturated rings. The molecule has 0 aliphatic carbocycles. The van der Waals surface area contributed by atoms with Crippen LogP contribution in [0.25, 0.3) is 0 Å². The lowest BCUT2D eigenvalue weighted by Gasteiger charge is -2.12. The molecule has 0 saturated carbocycles. The van der Waals surface area contributed by atoms with Crippen molar-refractivity contribution in [3.05, 3.63) is 57.6 Å². The number of rotatable bonds is 6. The summed E-state index contributed by atoms with van der Waals surface area (Å²) >= 11 is 12.0. The third-order valence-corrected chi connectivity index (χ3v) is 4.87. The molecule has 7 nitrogen and oxygen atoms in total. The molecule has 0 spiro atoms. The van der Waals surface area contributed by atoms with E-state index in [-0.39, 0.29) is 12.5 Å². The summed E-state index contributed by atoms with van der Waals surface area (Å²) in [4.78, 5) is 16.4. The molecule has 30 heavy (non-hydrogen) atoms. The Morgan fingerprint density at radius 1 is 1.23 bits per heavy atom. The predicted molar refractivity (Wildman–Crippen MR) is 105 cm³/mol. The van der Waals surface area contributed by atoms with Crippen molar-refractivity contribution in [3.63, 3.8) is 0 Å². The number of carbonyl (C=O) groups is 1. The van der Waals surface area contributed by atoms with Gasteiger partial charge in [0.15, 0.2) is 5.69 Å². The van der Waals surface area contributed by atoms with Gasteiger partial charge in [-0.15, -0.1) is 5.10 Å². The number of alkyl halides is 3. The summed E-state index contributed by atoms with van der Waals surface area (Å²) in [6.07, 6.45) is -3.11. The van der Waals surface area contributed by atoms with Crippen molar-refractivity contribution >= 4 is 35.1 Å². The number of hydrogen-bond acceptors (Lipinski definition) is 4. The second-order valence-electron chi connectivity index (χ2n) is 6.74. The second-order valence-corrected chi connectivity index (χ2v) is 7.59. The number of benzene rings is 1. The van der Waals surface area contributed by atoms with Crippen LogP contribution in [0.3, 0.4) is 0 Å². The lowest BCUT2D eigenvalue weighted by molar-refractivity contribution is -0.141. The molecule has 3 rings (SSSR count). The average molecular weight is 461 g/mol. The monoisotopic (exact) mass is 460 g/mol. The van der Waals surface area contributed by atoms with Crippen LogP contribution in [0.1, 0.15) is 23.9 Å². The van der Waals surface area contributed by atoms with E-state index < -0.39 is 23.7 Å². The van der Waals surface area contributed by atoms with Gasteiger partial charge >= 0.3 is 6.18 Å². The Hall–Kier alpha value is -2.59. The average Bonchev–Trinajstić information content (AvgIpc) is 3.24. The van der Waals surface area contributed by atoms with Crippen molar-refractivity contribution in [3.8, 4) is 0 Å². The fourth-order valence-corrected chi connectivity index (χ4v) is 3.13. The lowest BCUT2D eigenvalue weighted by Crippen LogP contribution is -2.26. The third kappa shape index (κ3) is 5.31.